The first-order valence-electron chi connectivity index (χ1n) is 6.52. The first-order valence-corrected chi connectivity index (χ1v) is 6.90. The third-order valence-corrected chi connectivity index (χ3v) is 3.78. The fraction of sp³-hybridized carbons (Fsp3) is 0.571. The Hall–Kier alpha value is -1.13. The second-order valence-corrected chi connectivity index (χ2v) is 5.99. The summed E-state index contributed by atoms with van der Waals surface area (Å²) in [6.07, 6.45) is 1.94. The van der Waals surface area contributed by atoms with Crippen LogP contribution in [-0.4, -0.2) is 29.1 Å². The van der Waals surface area contributed by atoms with Gasteiger partial charge in [0.25, 0.3) is 5.91 Å². The molecule has 1 fully saturated rings. The third kappa shape index (κ3) is 3.45. The Morgan fingerprint density at radius 2 is 2.21 bits per heavy atom. The molecule has 4 nitrogen and oxygen atoms in total. The van der Waals surface area contributed by atoms with Crippen LogP contribution >= 0.6 is 11.6 Å². The zero-order valence-electron chi connectivity index (χ0n) is 11.2. The Labute approximate surface area is 118 Å². The number of aliphatic hydroxyl groups is 1. The molecule has 0 radical (unpaired) electrons. The van der Waals surface area contributed by atoms with Crippen LogP contribution in [0.3, 0.4) is 0 Å². The van der Waals surface area contributed by atoms with Crippen LogP contribution in [0.1, 0.15) is 48.7 Å². The van der Waals surface area contributed by atoms with Crippen molar-refractivity contribution in [2.24, 2.45) is 5.41 Å². The van der Waals surface area contributed by atoms with Gasteiger partial charge in [-0.15, -0.1) is 0 Å². The van der Waals surface area contributed by atoms with Crippen molar-refractivity contribution in [1.82, 2.24) is 10.3 Å². The van der Waals surface area contributed by atoms with E-state index < -0.39 is 0 Å². The number of rotatable bonds is 5. The van der Waals surface area contributed by atoms with Gasteiger partial charge in [-0.3, -0.25) is 4.79 Å². The van der Waals surface area contributed by atoms with E-state index in [0.29, 0.717) is 17.3 Å². The van der Waals surface area contributed by atoms with Crippen LogP contribution in [0.25, 0.3) is 0 Å². The number of carbonyl (C=O) groups is 1. The van der Waals surface area contributed by atoms with Crippen molar-refractivity contribution >= 4 is 17.5 Å². The van der Waals surface area contributed by atoms with Gasteiger partial charge in [0.05, 0.1) is 6.61 Å². The van der Waals surface area contributed by atoms with Crippen molar-refractivity contribution in [2.45, 2.75) is 32.6 Å². The molecule has 1 saturated carbocycles. The molecule has 5 heteroatoms. The van der Waals surface area contributed by atoms with Crippen molar-refractivity contribution in [3.63, 3.8) is 0 Å². The molecule has 0 atom stereocenters. The summed E-state index contributed by atoms with van der Waals surface area (Å²) < 4.78 is 0. The first-order chi connectivity index (χ1) is 8.96. The van der Waals surface area contributed by atoms with Gasteiger partial charge >= 0.3 is 0 Å². The lowest BCUT2D eigenvalue weighted by Gasteiger charge is -2.13. The summed E-state index contributed by atoms with van der Waals surface area (Å²) in [4.78, 5) is 16.3. The maximum Gasteiger partial charge on any atom is 0.251 e. The van der Waals surface area contributed by atoms with Gasteiger partial charge in [-0.1, -0.05) is 25.4 Å². The normalized spacial score (nSPS) is 16.5. The largest absolute Gasteiger partial charge is 0.396 e. The third-order valence-electron chi connectivity index (χ3n) is 3.58. The molecule has 0 bridgehead atoms. The minimum Gasteiger partial charge on any atom is -0.396 e. The first kappa shape index (κ1) is 14.3. The van der Waals surface area contributed by atoms with Crippen LogP contribution < -0.4 is 5.32 Å². The molecule has 0 unspecified atom stereocenters. The predicted molar refractivity (Wildman–Crippen MR) is 74.4 cm³/mol. The van der Waals surface area contributed by atoms with Crippen LogP contribution in [0.5, 0.6) is 0 Å². The molecule has 0 spiro atoms. The minimum atomic E-state index is -0.161. The molecule has 1 aliphatic rings. The van der Waals surface area contributed by atoms with E-state index in [2.05, 4.69) is 10.3 Å². The van der Waals surface area contributed by atoms with Crippen LogP contribution in [0, 0.1) is 5.41 Å². The Bertz CT molecular complexity index is 484. The van der Waals surface area contributed by atoms with E-state index in [1.807, 2.05) is 13.8 Å². The molecule has 1 aromatic heterocycles. The monoisotopic (exact) mass is 282 g/mol. The number of nitrogens with zero attached hydrogens (tertiary/aromatic N) is 1. The maximum atomic E-state index is 12.1. The Balaban J connectivity index is 2.06. The molecule has 1 aromatic rings. The van der Waals surface area contributed by atoms with Crippen molar-refractivity contribution in [3.8, 4) is 0 Å². The lowest BCUT2D eigenvalue weighted by molar-refractivity contribution is 0.0935. The highest BCUT2D eigenvalue weighted by Crippen LogP contribution is 2.44. The number of hydrogen-bond donors (Lipinski definition) is 2. The number of halogens is 1. The molecule has 2 rings (SSSR count). The SMILES string of the molecule is CC(C)c1cc(C(=O)NCC2(CO)CC2)cc(Cl)n1. The summed E-state index contributed by atoms with van der Waals surface area (Å²) >= 11 is 5.94. The highest BCUT2D eigenvalue weighted by atomic mass is 35.5. The Morgan fingerprint density at radius 3 is 2.74 bits per heavy atom. The fourth-order valence-corrected chi connectivity index (χ4v) is 2.10. The number of hydrogen-bond acceptors (Lipinski definition) is 3. The van der Waals surface area contributed by atoms with Gasteiger partial charge < -0.3 is 10.4 Å². The predicted octanol–water partition coefficient (Wildman–Crippen LogP) is 2.36. The molecule has 0 saturated heterocycles. The smallest absolute Gasteiger partial charge is 0.251 e. The molecular weight excluding hydrogens is 264 g/mol. The van der Waals surface area contributed by atoms with Crippen LogP contribution in [0.4, 0.5) is 0 Å². The molecule has 19 heavy (non-hydrogen) atoms. The van der Waals surface area contributed by atoms with E-state index >= 15 is 0 Å². The summed E-state index contributed by atoms with van der Waals surface area (Å²) in [5.74, 6) is 0.0587. The van der Waals surface area contributed by atoms with Crippen LogP contribution in [0.15, 0.2) is 12.1 Å². The Kier molecular flexibility index (Phi) is 4.11. The fourth-order valence-electron chi connectivity index (χ4n) is 1.88. The van der Waals surface area contributed by atoms with Crippen molar-refractivity contribution < 1.29 is 9.90 Å². The molecule has 2 N–H and O–H groups in total. The zero-order valence-corrected chi connectivity index (χ0v) is 12.0. The minimum absolute atomic E-state index is 0.0899. The summed E-state index contributed by atoms with van der Waals surface area (Å²) in [7, 11) is 0. The Morgan fingerprint density at radius 1 is 1.53 bits per heavy atom. The maximum absolute atomic E-state index is 12.1. The van der Waals surface area contributed by atoms with Gasteiger partial charge in [-0.05, 0) is 30.9 Å². The average molecular weight is 283 g/mol. The van der Waals surface area contributed by atoms with E-state index in [-0.39, 0.29) is 23.8 Å². The highest BCUT2D eigenvalue weighted by Gasteiger charge is 2.42. The lowest BCUT2D eigenvalue weighted by atomic mass is 10.1. The number of pyridine rings is 1. The molecule has 104 valence electrons. The van der Waals surface area contributed by atoms with Crippen LogP contribution in [-0.2, 0) is 0 Å². The van der Waals surface area contributed by atoms with Crippen molar-refractivity contribution in [1.29, 1.82) is 0 Å². The molecule has 1 amide bonds. The van der Waals surface area contributed by atoms with Crippen LogP contribution in [0.2, 0.25) is 5.15 Å². The van der Waals surface area contributed by atoms with Gasteiger partial charge in [0.2, 0.25) is 0 Å². The topological polar surface area (TPSA) is 62.2 Å². The van der Waals surface area contributed by atoms with E-state index in [1.165, 1.54) is 0 Å². The van der Waals surface area contributed by atoms with Gasteiger partial charge in [0.15, 0.2) is 0 Å². The van der Waals surface area contributed by atoms with Crippen molar-refractivity contribution in [2.75, 3.05) is 13.2 Å². The standard InChI is InChI=1S/C14H19ClN2O2/c1-9(2)11-5-10(6-12(15)17-11)13(19)16-7-14(8-18)3-4-14/h5-6,9,18H,3-4,7-8H2,1-2H3,(H,16,19). The summed E-state index contributed by atoms with van der Waals surface area (Å²) in [5, 5.41) is 12.4. The summed E-state index contributed by atoms with van der Waals surface area (Å²) in [6, 6.07) is 3.34. The number of aromatic nitrogens is 1. The molecule has 0 aliphatic heterocycles. The number of amides is 1. The van der Waals surface area contributed by atoms with E-state index in [1.54, 1.807) is 12.1 Å². The summed E-state index contributed by atoms with van der Waals surface area (Å²) in [6.45, 7) is 4.65. The molecule has 1 aliphatic carbocycles. The van der Waals surface area contributed by atoms with Crippen molar-refractivity contribution in [3.05, 3.63) is 28.5 Å². The average Bonchev–Trinajstić information content (AvgIpc) is 3.16. The quantitative estimate of drug-likeness (QED) is 0.815. The molecule has 0 aromatic carbocycles. The number of nitrogens with one attached hydrogen (secondary N) is 1. The van der Waals surface area contributed by atoms with Gasteiger partial charge in [0, 0.05) is 23.2 Å². The van der Waals surface area contributed by atoms with E-state index in [0.717, 1.165) is 18.5 Å². The molecular formula is C14H19ClN2O2. The van der Waals surface area contributed by atoms with Gasteiger partial charge in [-0.2, -0.15) is 0 Å². The highest BCUT2D eigenvalue weighted by molar-refractivity contribution is 6.29. The lowest BCUT2D eigenvalue weighted by Crippen LogP contribution is -2.32. The number of aliphatic hydroxyl groups excluding tert-OH is 1. The second-order valence-electron chi connectivity index (χ2n) is 5.60. The summed E-state index contributed by atoms with van der Waals surface area (Å²) in [5.41, 5.74) is 1.24. The molecule has 1 heterocycles. The second kappa shape index (κ2) is 5.47. The van der Waals surface area contributed by atoms with E-state index in [9.17, 15) is 9.90 Å². The number of carbonyl (C=O) groups excluding carboxylic acids is 1. The van der Waals surface area contributed by atoms with E-state index in [4.69, 9.17) is 11.6 Å². The zero-order chi connectivity index (χ0) is 14.0. The van der Waals surface area contributed by atoms with Gasteiger partial charge in [0.1, 0.15) is 5.15 Å². The van der Waals surface area contributed by atoms with Gasteiger partial charge in [-0.25, -0.2) is 4.98 Å².